The molecule has 2 heterocycles. The molecule has 7 nitrogen and oxygen atoms in total. The Labute approximate surface area is 151 Å². The molecule has 2 N–H and O–H groups in total. The fraction of sp³-hybridized carbons (Fsp3) is 0.316. The van der Waals surface area contributed by atoms with Crippen LogP contribution in [0.5, 0.6) is 11.5 Å². The van der Waals surface area contributed by atoms with Crippen molar-refractivity contribution in [3.05, 3.63) is 53.3 Å². The topological polar surface area (TPSA) is 97.8 Å². The Kier molecular flexibility index (Phi) is 5.06. The van der Waals surface area contributed by atoms with Crippen molar-refractivity contribution < 1.29 is 24.2 Å². The van der Waals surface area contributed by atoms with Gasteiger partial charge in [-0.25, -0.2) is 9.78 Å². The number of pyridine rings is 1. The number of nitrogens with one attached hydrogen (secondary N) is 1. The van der Waals surface area contributed by atoms with E-state index in [1.165, 1.54) is 18.3 Å². The molecule has 1 aromatic carbocycles. The lowest BCUT2D eigenvalue weighted by Crippen LogP contribution is -2.32. The van der Waals surface area contributed by atoms with Crippen molar-refractivity contribution in [1.29, 1.82) is 0 Å². The Hall–Kier alpha value is -3.09. The third kappa shape index (κ3) is 3.77. The minimum atomic E-state index is -1.13. The van der Waals surface area contributed by atoms with Gasteiger partial charge in [0.15, 0.2) is 11.5 Å². The first-order valence-corrected chi connectivity index (χ1v) is 8.35. The predicted molar refractivity (Wildman–Crippen MR) is 93.7 cm³/mol. The van der Waals surface area contributed by atoms with Crippen LogP contribution in [0.3, 0.4) is 0 Å². The highest BCUT2D eigenvalue weighted by atomic mass is 16.6. The molecule has 26 heavy (non-hydrogen) atoms. The molecule has 1 aliphatic rings. The van der Waals surface area contributed by atoms with E-state index in [1.54, 1.807) is 0 Å². The van der Waals surface area contributed by atoms with E-state index in [9.17, 15) is 9.59 Å². The molecule has 0 aliphatic carbocycles. The summed E-state index contributed by atoms with van der Waals surface area (Å²) < 4.78 is 11.1. The monoisotopic (exact) mass is 356 g/mol. The number of ether oxygens (including phenoxy) is 2. The smallest absolute Gasteiger partial charge is 0.354 e. The number of nitrogens with zero attached hydrogens (tertiary/aromatic N) is 1. The second-order valence-corrected chi connectivity index (χ2v) is 6.34. The molecule has 3 rings (SSSR count). The van der Waals surface area contributed by atoms with Crippen LogP contribution < -0.4 is 14.8 Å². The summed E-state index contributed by atoms with van der Waals surface area (Å²) in [6.07, 6.45) is 1.26. The van der Waals surface area contributed by atoms with Crippen molar-refractivity contribution in [2.75, 3.05) is 13.2 Å². The third-order valence-corrected chi connectivity index (χ3v) is 4.12. The van der Waals surface area contributed by atoms with Crippen molar-refractivity contribution in [2.24, 2.45) is 5.92 Å². The number of hydrogen-bond acceptors (Lipinski definition) is 5. The molecule has 1 aliphatic heterocycles. The highest BCUT2D eigenvalue weighted by molar-refractivity contribution is 5.95. The summed E-state index contributed by atoms with van der Waals surface area (Å²) >= 11 is 0. The van der Waals surface area contributed by atoms with Crippen molar-refractivity contribution in [3.8, 4) is 11.5 Å². The van der Waals surface area contributed by atoms with E-state index < -0.39 is 5.97 Å². The molecule has 7 heteroatoms. The normalized spacial score (nSPS) is 14.0. The molecular formula is C19H20N2O5. The first kappa shape index (κ1) is 17.7. The number of carboxylic acid groups (broad SMARTS) is 1. The van der Waals surface area contributed by atoms with E-state index in [1.807, 2.05) is 32.0 Å². The summed E-state index contributed by atoms with van der Waals surface area (Å²) in [6.45, 7) is 5.04. The summed E-state index contributed by atoms with van der Waals surface area (Å²) in [5, 5.41) is 11.9. The van der Waals surface area contributed by atoms with Gasteiger partial charge in [0.05, 0.1) is 11.6 Å². The van der Waals surface area contributed by atoms with Crippen molar-refractivity contribution in [2.45, 2.75) is 19.9 Å². The van der Waals surface area contributed by atoms with Crippen molar-refractivity contribution in [1.82, 2.24) is 10.3 Å². The summed E-state index contributed by atoms with van der Waals surface area (Å²) in [7, 11) is 0. The molecule has 2 aromatic rings. The average molecular weight is 356 g/mol. The van der Waals surface area contributed by atoms with Crippen molar-refractivity contribution >= 4 is 11.9 Å². The van der Waals surface area contributed by atoms with Crippen LogP contribution in [-0.2, 0) is 0 Å². The third-order valence-electron chi connectivity index (χ3n) is 4.12. The van der Waals surface area contributed by atoms with Crippen LogP contribution in [0.4, 0.5) is 0 Å². The summed E-state index contributed by atoms with van der Waals surface area (Å²) in [5.41, 5.74) is 1.11. The fourth-order valence-electron chi connectivity index (χ4n) is 2.77. The molecular weight excluding hydrogens is 336 g/mol. The quantitative estimate of drug-likeness (QED) is 0.855. The van der Waals surface area contributed by atoms with Gasteiger partial charge in [0.2, 0.25) is 0 Å². The fourth-order valence-corrected chi connectivity index (χ4v) is 2.77. The predicted octanol–water partition coefficient (Wildman–Crippen LogP) is 2.68. The van der Waals surface area contributed by atoms with Gasteiger partial charge in [0.1, 0.15) is 18.9 Å². The average Bonchev–Trinajstić information content (AvgIpc) is 2.65. The van der Waals surface area contributed by atoms with E-state index in [2.05, 4.69) is 10.3 Å². The van der Waals surface area contributed by atoms with Crippen LogP contribution >= 0.6 is 0 Å². The molecule has 0 bridgehead atoms. The first-order chi connectivity index (χ1) is 12.5. The first-order valence-electron chi connectivity index (χ1n) is 8.35. The van der Waals surface area contributed by atoms with Crippen LogP contribution in [0.2, 0.25) is 0 Å². The molecule has 1 atom stereocenters. The molecule has 136 valence electrons. The van der Waals surface area contributed by atoms with E-state index in [0.29, 0.717) is 30.3 Å². The Morgan fingerprint density at radius 1 is 1.12 bits per heavy atom. The van der Waals surface area contributed by atoms with E-state index in [4.69, 9.17) is 14.6 Å². The molecule has 1 unspecified atom stereocenters. The van der Waals surface area contributed by atoms with Gasteiger partial charge < -0.3 is 19.9 Å². The van der Waals surface area contributed by atoms with Crippen molar-refractivity contribution in [3.63, 3.8) is 0 Å². The summed E-state index contributed by atoms with van der Waals surface area (Å²) in [6, 6.07) is 8.15. The van der Waals surface area contributed by atoms with Crippen LogP contribution in [-0.4, -0.2) is 35.2 Å². The standard InChI is InChI=1S/C19H20N2O5/c1-11(2)17(12-4-6-15-16(9-12)26-8-7-25-15)21-18(22)13-3-5-14(19(23)24)20-10-13/h3-6,9-11,17H,7-8H2,1-2H3,(H,21,22)(H,23,24). The van der Waals surface area contributed by atoms with Crippen LogP contribution in [0.1, 0.15) is 46.3 Å². The lowest BCUT2D eigenvalue weighted by Gasteiger charge is -2.25. The van der Waals surface area contributed by atoms with Gasteiger partial charge in [-0.2, -0.15) is 0 Å². The Balaban J connectivity index is 1.80. The molecule has 1 amide bonds. The minimum absolute atomic E-state index is 0.103. The largest absolute Gasteiger partial charge is 0.486 e. The number of aromatic nitrogens is 1. The summed E-state index contributed by atoms with van der Waals surface area (Å²) in [5.74, 6) is 0.0486. The number of carboxylic acids is 1. The minimum Gasteiger partial charge on any atom is -0.486 e. The van der Waals surface area contributed by atoms with Gasteiger partial charge in [-0.05, 0) is 35.7 Å². The van der Waals surface area contributed by atoms with E-state index in [0.717, 1.165) is 5.56 Å². The number of fused-ring (bicyclic) bond motifs is 1. The Morgan fingerprint density at radius 2 is 1.85 bits per heavy atom. The molecule has 0 saturated heterocycles. The number of rotatable bonds is 5. The highest BCUT2D eigenvalue weighted by Gasteiger charge is 2.22. The van der Waals surface area contributed by atoms with Crippen LogP contribution in [0.25, 0.3) is 0 Å². The van der Waals surface area contributed by atoms with E-state index >= 15 is 0 Å². The molecule has 0 saturated carbocycles. The number of benzene rings is 1. The highest BCUT2D eigenvalue weighted by Crippen LogP contribution is 2.34. The lowest BCUT2D eigenvalue weighted by atomic mass is 9.95. The number of hydrogen-bond donors (Lipinski definition) is 2. The maximum Gasteiger partial charge on any atom is 0.354 e. The van der Waals surface area contributed by atoms with Gasteiger partial charge >= 0.3 is 5.97 Å². The molecule has 0 spiro atoms. The summed E-state index contributed by atoms with van der Waals surface area (Å²) in [4.78, 5) is 27.2. The number of aromatic carboxylic acids is 1. The second kappa shape index (κ2) is 7.43. The van der Waals surface area contributed by atoms with Gasteiger partial charge in [0, 0.05) is 6.20 Å². The zero-order chi connectivity index (χ0) is 18.7. The van der Waals surface area contributed by atoms with Gasteiger partial charge in [0.25, 0.3) is 5.91 Å². The Bertz CT molecular complexity index is 817. The molecule has 1 aromatic heterocycles. The van der Waals surface area contributed by atoms with Crippen LogP contribution in [0.15, 0.2) is 36.5 Å². The van der Waals surface area contributed by atoms with E-state index in [-0.39, 0.29) is 23.6 Å². The SMILES string of the molecule is CC(C)C(NC(=O)c1ccc(C(=O)O)nc1)c1ccc2c(c1)OCCO2. The van der Waals surface area contributed by atoms with Gasteiger partial charge in [-0.15, -0.1) is 0 Å². The maximum atomic E-state index is 12.5. The number of carbonyl (C=O) groups is 2. The number of carbonyl (C=O) groups excluding carboxylic acids is 1. The Morgan fingerprint density at radius 3 is 2.46 bits per heavy atom. The maximum absolute atomic E-state index is 12.5. The lowest BCUT2D eigenvalue weighted by molar-refractivity contribution is 0.0689. The zero-order valence-electron chi connectivity index (χ0n) is 14.6. The van der Waals surface area contributed by atoms with Gasteiger partial charge in [-0.3, -0.25) is 4.79 Å². The molecule has 0 fully saturated rings. The second-order valence-electron chi connectivity index (χ2n) is 6.34. The molecule has 0 radical (unpaired) electrons. The zero-order valence-corrected chi connectivity index (χ0v) is 14.6. The number of amides is 1. The van der Waals surface area contributed by atoms with Gasteiger partial charge in [-0.1, -0.05) is 19.9 Å². The van der Waals surface area contributed by atoms with Crippen LogP contribution in [0, 0.1) is 5.92 Å².